The van der Waals surface area contributed by atoms with Crippen molar-refractivity contribution in [2.24, 2.45) is 5.92 Å². The molecule has 3 amide bonds. The summed E-state index contributed by atoms with van der Waals surface area (Å²) >= 11 is 0. The van der Waals surface area contributed by atoms with Gasteiger partial charge in [-0.1, -0.05) is 32.0 Å². The topological polar surface area (TPSA) is 73.0 Å². The van der Waals surface area contributed by atoms with Crippen LogP contribution in [0.2, 0.25) is 0 Å². The van der Waals surface area contributed by atoms with Crippen LogP contribution in [0.15, 0.2) is 72.8 Å². The maximum Gasteiger partial charge on any atom is 0.254 e. The SMILES string of the molecule is CC(C)C(=O)N(CC(=O)Nc1ccc(N2CCN(C(=O)c3cccc(F)c3)CC2)cc1)Cc1ccc(F)cc1. The van der Waals surface area contributed by atoms with E-state index >= 15 is 0 Å². The van der Waals surface area contributed by atoms with Crippen LogP contribution >= 0.6 is 0 Å². The molecule has 1 fully saturated rings. The molecule has 1 heterocycles. The average Bonchev–Trinajstić information content (AvgIpc) is 2.93. The van der Waals surface area contributed by atoms with Gasteiger partial charge in [-0.15, -0.1) is 0 Å². The van der Waals surface area contributed by atoms with Crippen LogP contribution in [0.5, 0.6) is 0 Å². The van der Waals surface area contributed by atoms with Crippen molar-refractivity contribution in [1.29, 1.82) is 0 Å². The van der Waals surface area contributed by atoms with Crippen LogP contribution in [0.3, 0.4) is 0 Å². The molecule has 1 saturated heterocycles. The number of carbonyl (C=O) groups excluding carboxylic acids is 3. The molecular weight excluding hydrogens is 502 g/mol. The van der Waals surface area contributed by atoms with Crippen molar-refractivity contribution in [2.75, 3.05) is 42.9 Å². The van der Waals surface area contributed by atoms with Crippen LogP contribution in [-0.4, -0.2) is 60.2 Å². The van der Waals surface area contributed by atoms with Gasteiger partial charge in [0, 0.05) is 55.6 Å². The molecule has 204 valence electrons. The monoisotopic (exact) mass is 534 g/mol. The van der Waals surface area contributed by atoms with E-state index in [4.69, 9.17) is 0 Å². The normalized spacial score (nSPS) is 13.4. The summed E-state index contributed by atoms with van der Waals surface area (Å²) in [6.45, 7) is 5.91. The van der Waals surface area contributed by atoms with Crippen molar-refractivity contribution in [3.63, 3.8) is 0 Å². The van der Waals surface area contributed by atoms with Gasteiger partial charge >= 0.3 is 0 Å². The highest BCUT2D eigenvalue weighted by atomic mass is 19.1. The molecule has 3 aromatic rings. The number of amides is 3. The average molecular weight is 535 g/mol. The van der Waals surface area contributed by atoms with Crippen molar-refractivity contribution < 1.29 is 23.2 Å². The highest BCUT2D eigenvalue weighted by molar-refractivity contribution is 5.95. The van der Waals surface area contributed by atoms with Crippen LogP contribution in [0.1, 0.15) is 29.8 Å². The third-order valence-corrected chi connectivity index (χ3v) is 6.58. The first-order chi connectivity index (χ1) is 18.7. The second kappa shape index (κ2) is 12.5. The molecule has 0 spiro atoms. The number of nitrogens with zero attached hydrogens (tertiary/aromatic N) is 3. The number of halogens is 2. The molecule has 0 unspecified atom stereocenters. The Morgan fingerprint density at radius 3 is 2.15 bits per heavy atom. The Hall–Kier alpha value is -4.27. The smallest absolute Gasteiger partial charge is 0.254 e. The second-order valence-electron chi connectivity index (χ2n) is 9.86. The Kier molecular flexibility index (Phi) is 8.91. The summed E-state index contributed by atoms with van der Waals surface area (Å²) in [5.41, 5.74) is 2.64. The lowest BCUT2D eigenvalue weighted by atomic mass is 10.1. The summed E-state index contributed by atoms with van der Waals surface area (Å²) in [7, 11) is 0. The molecule has 7 nitrogen and oxygen atoms in total. The zero-order valence-corrected chi connectivity index (χ0v) is 22.1. The molecule has 0 radical (unpaired) electrons. The van der Waals surface area contributed by atoms with E-state index in [-0.39, 0.29) is 42.5 Å². The molecule has 0 saturated carbocycles. The molecule has 0 aliphatic carbocycles. The summed E-state index contributed by atoms with van der Waals surface area (Å²) in [5, 5.41) is 2.84. The Morgan fingerprint density at radius 1 is 0.872 bits per heavy atom. The first-order valence-corrected chi connectivity index (χ1v) is 12.9. The van der Waals surface area contributed by atoms with E-state index in [1.807, 2.05) is 12.1 Å². The van der Waals surface area contributed by atoms with Crippen molar-refractivity contribution in [3.05, 3.63) is 95.6 Å². The third-order valence-electron chi connectivity index (χ3n) is 6.58. The molecule has 39 heavy (non-hydrogen) atoms. The van der Waals surface area contributed by atoms with Crippen molar-refractivity contribution in [1.82, 2.24) is 9.80 Å². The minimum absolute atomic E-state index is 0.128. The van der Waals surface area contributed by atoms with Gasteiger partial charge in [0.1, 0.15) is 18.2 Å². The molecule has 0 atom stereocenters. The second-order valence-corrected chi connectivity index (χ2v) is 9.86. The van der Waals surface area contributed by atoms with E-state index in [9.17, 15) is 23.2 Å². The number of piperazine rings is 1. The lowest BCUT2D eigenvalue weighted by Gasteiger charge is -2.36. The lowest BCUT2D eigenvalue weighted by molar-refractivity contribution is -0.138. The van der Waals surface area contributed by atoms with E-state index < -0.39 is 5.82 Å². The third kappa shape index (κ3) is 7.40. The van der Waals surface area contributed by atoms with Gasteiger partial charge in [0.05, 0.1) is 0 Å². The number of benzene rings is 3. The summed E-state index contributed by atoms with van der Waals surface area (Å²) in [6, 6.07) is 19.0. The Morgan fingerprint density at radius 2 is 1.54 bits per heavy atom. The largest absolute Gasteiger partial charge is 0.368 e. The van der Waals surface area contributed by atoms with Crippen LogP contribution in [0, 0.1) is 17.6 Å². The Bertz CT molecular complexity index is 1300. The van der Waals surface area contributed by atoms with Gasteiger partial charge in [-0.25, -0.2) is 8.78 Å². The predicted molar refractivity (Wildman–Crippen MR) is 146 cm³/mol. The highest BCUT2D eigenvalue weighted by Crippen LogP contribution is 2.21. The molecular formula is C30H32F2N4O3. The molecule has 3 aromatic carbocycles. The fourth-order valence-corrected chi connectivity index (χ4v) is 4.49. The van der Waals surface area contributed by atoms with Crippen molar-refractivity contribution in [3.8, 4) is 0 Å². The fourth-order valence-electron chi connectivity index (χ4n) is 4.49. The summed E-state index contributed by atoms with van der Waals surface area (Å²) in [6.07, 6.45) is 0. The molecule has 0 aromatic heterocycles. The van der Waals surface area contributed by atoms with Crippen LogP contribution < -0.4 is 10.2 Å². The van der Waals surface area contributed by atoms with Gasteiger partial charge in [0.25, 0.3) is 5.91 Å². The molecule has 1 aliphatic heterocycles. The standard InChI is InChI=1S/C30H32F2N4O3/c1-21(2)29(38)36(19-22-6-8-24(31)9-7-22)20-28(37)33-26-10-12-27(13-11-26)34-14-16-35(17-15-34)30(39)23-4-3-5-25(32)18-23/h3-13,18,21H,14-17,19-20H2,1-2H3,(H,33,37). The van der Waals surface area contributed by atoms with Crippen LogP contribution in [0.25, 0.3) is 0 Å². The summed E-state index contributed by atoms with van der Waals surface area (Å²) < 4.78 is 26.7. The molecule has 9 heteroatoms. The first kappa shape index (κ1) is 27.8. The van der Waals surface area contributed by atoms with E-state index in [2.05, 4.69) is 10.2 Å². The first-order valence-electron chi connectivity index (χ1n) is 12.9. The van der Waals surface area contributed by atoms with Gasteiger partial charge in [0.2, 0.25) is 11.8 Å². The van der Waals surface area contributed by atoms with Gasteiger partial charge in [-0.05, 0) is 60.2 Å². The van der Waals surface area contributed by atoms with Gasteiger partial charge in [-0.2, -0.15) is 0 Å². The minimum atomic E-state index is -0.432. The van der Waals surface area contributed by atoms with Gasteiger partial charge < -0.3 is 20.0 Å². The predicted octanol–water partition coefficient (Wildman–Crippen LogP) is 4.55. The molecule has 0 bridgehead atoms. The van der Waals surface area contributed by atoms with Crippen molar-refractivity contribution >= 4 is 29.1 Å². The van der Waals surface area contributed by atoms with E-state index in [0.717, 1.165) is 11.3 Å². The van der Waals surface area contributed by atoms with Crippen LogP contribution in [0.4, 0.5) is 20.2 Å². The van der Waals surface area contributed by atoms with Crippen LogP contribution in [-0.2, 0) is 16.1 Å². The maximum absolute atomic E-state index is 13.5. The molecule has 1 N–H and O–H groups in total. The zero-order valence-electron chi connectivity index (χ0n) is 22.1. The van der Waals surface area contributed by atoms with E-state index in [1.165, 1.54) is 35.2 Å². The number of anilines is 2. The quantitative estimate of drug-likeness (QED) is 0.460. The molecule has 4 rings (SSSR count). The number of hydrogen-bond acceptors (Lipinski definition) is 4. The lowest BCUT2D eigenvalue weighted by Crippen LogP contribution is -2.48. The van der Waals surface area contributed by atoms with E-state index in [0.29, 0.717) is 37.4 Å². The minimum Gasteiger partial charge on any atom is -0.368 e. The van der Waals surface area contributed by atoms with Gasteiger partial charge in [0.15, 0.2) is 0 Å². The Balaban J connectivity index is 1.31. The number of rotatable bonds is 8. The summed E-state index contributed by atoms with van der Waals surface area (Å²) in [4.78, 5) is 43.5. The van der Waals surface area contributed by atoms with E-state index in [1.54, 1.807) is 49.1 Å². The highest BCUT2D eigenvalue weighted by Gasteiger charge is 2.23. The number of hydrogen-bond donors (Lipinski definition) is 1. The van der Waals surface area contributed by atoms with Crippen molar-refractivity contribution in [2.45, 2.75) is 20.4 Å². The Labute approximate surface area is 227 Å². The summed E-state index contributed by atoms with van der Waals surface area (Å²) in [5.74, 6) is -1.76. The number of nitrogens with one attached hydrogen (secondary N) is 1. The molecule has 1 aliphatic rings. The zero-order chi connectivity index (χ0) is 27.9. The number of carbonyl (C=O) groups is 3. The van der Waals surface area contributed by atoms with Gasteiger partial charge in [-0.3, -0.25) is 14.4 Å². The fraction of sp³-hybridized carbons (Fsp3) is 0.300. The maximum atomic E-state index is 13.5.